The monoisotopic (exact) mass is 557 g/mol. The van der Waals surface area contributed by atoms with Gasteiger partial charge in [0.1, 0.15) is 12.9 Å². The number of amides is 2. The zero-order valence-corrected chi connectivity index (χ0v) is 21.2. The highest BCUT2D eigenvalue weighted by molar-refractivity contribution is 5.77. The minimum atomic E-state index is -4.81. The van der Waals surface area contributed by atoms with E-state index in [0.717, 1.165) is 38.0 Å². The van der Waals surface area contributed by atoms with E-state index in [1.165, 1.54) is 12.8 Å². The lowest BCUT2D eigenvalue weighted by Gasteiger charge is -2.63. The largest absolute Gasteiger partial charge is 0.435 e. The molecule has 0 radical (unpaired) electrons. The molecule has 0 N–H and O–H groups in total. The van der Waals surface area contributed by atoms with E-state index in [9.17, 15) is 31.1 Å². The van der Waals surface area contributed by atoms with Crippen molar-refractivity contribution >= 4 is 6.03 Å². The molecule has 0 bridgehead atoms. The molecule has 39 heavy (non-hydrogen) atoms. The fourth-order valence-corrected chi connectivity index (χ4v) is 7.37. The number of halogens is 6. The van der Waals surface area contributed by atoms with Crippen molar-refractivity contribution in [3.05, 3.63) is 29.6 Å². The number of likely N-dealkylation sites (tertiary alicyclic amines) is 2. The highest BCUT2D eigenvalue weighted by Gasteiger charge is 2.59. The first-order valence-electron chi connectivity index (χ1n) is 13.4. The summed E-state index contributed by atoms with van der Waals surface area (Å²) in [7, 11) is 0. The molecule has 2 amide bonds. The molecule has 8 nitrogen and oxygen atoms in total. The van der Waals surface area contributed by atoms with E-state index in [1.807, 2.05) is 15.9 Å². The zero-order chi connectivity index (χ0) is 27.4. The minimum Gasteiger partial charge on any atom is -0.323 e. The van der Waals surface area contributed by atoms with Crippen molar-refractivity contribution < 1.29 is 31.1 Å². The van der Waals surface area contributed by atoms with Gasteiger partial charge in [-0.2, -0.15) is 36.5 Å². The van der Waals surface area contributed by atoms with Crippen LogP contribution in [0.15, 0.2) is 12.5 Å². The molecule has 7 rings (SSSR count). The number of aromatic nitrogens is 5. The summed E-state index contributed by atoms with van der Waals surface area (Å²) in [6, 6.07) is 0.364. The second-order valence-electron chi connectivity index (χ2n) is 12.7. The Balaban J connectivity index is 0.869. The summed E-state index contributed by atoms with van der Waals surface area (Å²) in [6.45, 7) is 1.08. The van der Waals surface area contributed by atoms with Crippen LogP contribution in [-0.2, 0) is 19.1 Å². The van der Waals surface area contributed by atoms with Gasteiger partial charge in [0.2, 0.25) is 0 Å². The van der Waals surface area contributed by atoms with Crippen LogP contribution in [0.2, 0.25) is 0 Å². The molecule has 0 atom stereocenters. The number of hydrogen-bond acceptors (Lipinski definition) is 4. The van der Waals surface area contributed by atoms with E-state index in [1.54, 1.807) is 4.90 Å². The number of nitrogens with zero attached hydrogens (tertiary/aromatic N) is 7. The number of rotatable bonds is 5. The van der Waals surface area contributed by atoms with Crippen molar-refractivity contribution in [2.24, 2.45) is 16.7 Å². The van der Waals surface area contributed by atoms with E-state index in [-0.39, 0.29) is 34.8 Å². The minimum absolute atomic E-state index is 0.0164. The maximum atomic E-state index is 13.4. The van der Waals surface area contributed by atoms with E-state index >= 15 is 0 Å². The molecule has 3 aliphatic carbocycles. The van der Waals surface area contributed by atoms with E-state index in [0.29, 0.717) is 42.6 Å². The highest BCUT2D eigenvalue weighted by atomic mass is 19.4. The molecule has 3 saturated carbocycles. The van der Waals surface area contributed by atoms with Crippen molar-refractivity contribution in [3.63, 3.8) is 0 Å². The topological polar surface area (TPSA) is 72.1 Å². The van der Waals surface area contributed by atoms with Gasteiger partial charge < -0.3 is 9.80 Å². The summed E-state index contributed by atoms with van der Waals surface area (Å²) in [5.41, 5.74) is -1.35. The molecule has 212 valence electrons. The van der Waals surface area contributed by atoms with Gasteiger partial charge in [-0.1, -0.05) is 0 Å². The van der Waals surface area contributed by atoms with Gasteiger partial charge in [0.15, 0.2) is 11.5 Å². The van der Waals surface area contributed by atoms with Gasteiger partial charge in [-0.25, -0.2) is 14.5 Å². The lowest BCUT2D eigenvalue weighted by Crippen LogP contribution is -2.71. The molecule has 0 aromatic carbocycles. The average Bonchev–Trinajstić information content (AvgIpc) is 3.31. The lowest BCUT2D eigenvalue weighted by molar-refractivity contribution is -0.149. The molecule has 14 heteroatoms. The second kappa shape index (κ2) is 8.12. The van der Waals surface area contributed by atoms with Crippen LogP contribution in [0.5, 0.6) is 0 Å². The normalized spacial score (nSPS) is 24.5. The second-order valence-corrected chi connectivity index (χ2v) is 12.7. The molecule has 5 fully saturated rings. The van der Waals surface area contributed by atoms with Crippen molar-refractivity contribution in [2.45, 2.75) is 75.8 Å². The number of urea groups is 1. The van der Waals surface area contributed by atoms with Crippen molar-refractivity contribution in [3.8, 4) is 0 Å². The maximum absolute atomic E-state index is 13.4. The van der Waals surface area contributed by atoms with Gasteiger partial charge in [0.05, 0.1) is 6.04 Å². The van der Waals surface area contributed by atoms with Crippen molar-refractivity contribution in [1.29, 1.82) is 0 Å². The summed E-state index contributed by atoms with van der Waals surface area (Å²) < 4.78 is 80.4. The molecular formula is C25H29F6N7O. The van der Waals surface area contributed by atoms with Crippen LogP contribution in [0, 0.1) is 16.7 Å². The third kappa shape index (κ3) is 4.56. The van der Waals surface area contributed by atoms with Crippen molar-refractivity contribution in [1.82, 2.24) is 34.3 Å². The van der Waals surface area contributed by atoms with Crippen molar-refractivity contribution in [2.75, 3.05) is 26.2 Å². The van der Waals surface area contributed by atoms with Gasteiger partial charge in [0, 0.05) is 54.7 Å². The Morgan fingerprint density at radius 3 is 2.10 bits per heavy atom. The van der Waals surface area contributed by atoms with Gasteiger partial charge in [-0.05, 0) is 50.9 Å². The first-order chi connectivity index (χ1) is 18.3. The third-order valence-electron chi connectivity index (χ3n) is 9.23. The first kappa shape index (κ1) is 25.2. The molecule has 2 aromatic rings. The van der Waals surface area contributed by atoms with Gasteiger partial charge in [0.25, 0.3) is 0 Å². The fraction of sp³-hybridized carbons (Fsp3) is 0.760. The first-order valence-corrected chi connectivity index (χ1v) is 13.4. The summed E-state index contributed by atoms with van der Waals surface area (Å²) >= 11 is 0. The Morgan fingerprint density at radius 1 is 0.923 bits per heavy atom. The summed E-state index contributed by atoms with van der Waals surface area (Å²) in [5, 5.41) is 7.81. The molecular weight excluding hydrogens is 528 g/mol. The summed E-state index contributed by atoms with van der Waals surface area (Å²) in [4.78, 5) is 21.1. The predicted molar refractivity (Wildman–Crippen MR) is 123 cm³/mol. The smallest absolute Gasteiger partial charge is 0.323 e. The fourth-order valence-electron chi connectivity index (χ4n) is 7.37. The summed E-state index contributed by atoms with van der Waals surface area (Å²) in [5.74, 6) is 1.41. The summed E-state index contributed by atoms with van der Waals surface area (Å²) in [6.07, 6.45) is -1.08. The van der Waals surface area contributed by atoms with Crippen LogP contribution < -0.4 is 0 Å². The standard InChI is InChI=1S/C25H29F6N7O/c26-24(27,28)13-37-8-17(19(33-37)25(29,30)31)3-15-4-22(5-15)9-35(10-22)21(39)36-11-23(12-36)6-18(7-23)38-14-32-20(34-38)16-1-2-16/h8,14-16,18H,1-7,9-13H2. The van der Waals surface area contributed by atoms with Crippen LogP contribution in [0.25, 0.3) is 0 Å². The van der Waals surface area contributed by atoms with Crippen LogP contribution in [0.3, 0.4) is 0 Å². The molecule has 0 unspecified atom stereocenters. The number of carbonyl (C=O) groups excluding carboxylic acids is 1. The van der Waals surface area contributed by atoms with E-state index in [4.69, 9.17) is 0 Å². The van der Waals surface area contributed by atoms with Gasteiger partial charge >= 0.3 is 18.4 Å². The van der Waals surface area contributed by atoms with Gasteiger partial charge in [-0.15, -0.1) is 0 Å². The SMILES string of the molecule is O=C(N1CC2(CC(Cc3cn(CC(F)(F)F)nc3C(F)(F)F)C2)C1)N1CC2(CC(n3cnc(C4CC4)n3)C2)C1. The molecule has 2 spiro atoms. The van der Waals surface area contributed by atoms with Crippen LogP contribution in [0.1, 0.15) is 67.6 Å². The molecule has 5 aliphatic rings. The van der Waals surface area contributed by atoms with E-state index < -0.39 is 24.6 Å². The quantitative estimate of drug-likeness (QED) is 0.502. The Morgan fingerprint density at radius 2 is 1.54 bits per heavy atom. The number of hydrogen-bond donors (Lipinski definition) is 0. The van der Waals surface area contributed by atoms with Crippen LogP contribution in [-0.4, -0.2) is 72.7 Å². The van der Waals surface area contributed by atoms with E-state index in [2.05, 4.69) is 15.2 Å². The Kier molecular flexibility index (Phi) is 5.24. The predicted octanol–water partition coefficient (Wildman–Crippen LogP) is 4.64. The molecule has 2 saturated heterocycles. The van der Waals surface area contributed by atoms with Gasteiger partial charge in [-0.3, -0.25) is 4.68 Å². The highest BCUT2D eigenvalue weighted by Crippen LogP contribution is 2.56. The Labute approximate surface area is 220 Å². The van der Waals surface area contributed by atoms with Crippen LogP contribution >= 0.6 is 0 Å². The molecule has 2 aliphatic heterocycles. The zero-order valence-electron chi connectivity index (χ0n) is 21.2. The number of carbonyl (C=O) groups is 1. The maximum Gasteiger partial charge on any atom is 0.435 e. The Bertz CT molecular complexity index is 1270. The Hall–Kier alpha value is -2.80. The van der Waals surface area contributed by atoms with Crippen LogP contribution in [0.4, 0.5) is 31.1 Å². The number of alkyl halides is 6. The molecule has 4 heterocycles. The third-order valence-corrected chi connectivity index (χ3v) is 9.23. The average molecular weight is 558 g/mol. The lowest BCUT2D eigenvalue weighted by atomic mass is 9.56. The molecule has 2 aromatic heterocycles.